The first-order chi connectivity index (χ1) is 8.72. The quantitative estimate of drug-likeness (QED) is 0.863. The highest BCUT2D eigenvalue weighted by Crippen LogP contribution is 2.58. The molecule has 1 atom stereocenters. The topological polar surface area (TPSA) is 69.6 Å². The van der Waals surface area contributed by atoms with Crippen molar-refractivity contribution < 1.29 is 0 Å². The average Bonchev–Trinajstić information content (AvgIpc) is 2.76. The Labute approximate surface area is 107 Å². The molecular formula is C13H21N5. The summed E-state index contributed by atoms with van der Waals surface area (Å²) in [6.07, 6.45) is 7.02. The van der Waals surface area contributed by atoms with Crippen molar-refractivity contribution in [2.75, 3.05) is 0 Å². The molecule has 4 aliphatic carbocycles. The first-order valence-electron chi connectivity index (χ1n) is 7.25. The maximum absolute atomic E-state index is 5.99. The zero-order valence-corrected chi connectivity index (χ0v) is 10.9. The molecule has 2 N–H and O–H groups in total. The lowest BCUT2D eigenvalue weighted by Gasteiger charge is -2.54. The molecule has 18 heavy (non-hydrogen) atoms. The molecule has 1 aromatic heterocycles. The minimum absolute atomic E-state index is 0.0720. The second kappa shape index (κ2) is 3.76. The number of nitrogens with zero attached hydrogens (tertiary/aromatic N) is 4. The predicted molar refractivity (Wildman–Crippen MR) is 66.5 cm³/mol. The first-order valence-corrected chi connectivity index (χ1v) is 7.25. The van der Waals surface area contributed by atoms with Crippen LogP contribution in [-0.4, -0.2) is 20.2 Å². The van der Waals surface area contributed by atoms with Crippen molar-refractivity contribution in [2.45, 2.75) is 51.1 Å². The van der Waals surface area contributed by atoms with Gasteiger partial charge in [0.25, 0.3) is 0 Å². The van der Waals surface area contributed by atoms with Crippen LogP contribution < -0.4 is 5.73 Å². The Bertz CT molecular complexity index is 424. The fourth-order valence-corrected chi connectivity index (χ4v) is 5.01. The monoisotopic (exact) mass is 247 g/mol. The van der Waals surface area contributed by atoms with Gasteiger partial charge in [0.2, 0.25) is 0 Å². The Morgan fingerprint density at radius 2 is 1.72 bits per heavy atom. The summed E-state index contributed by atoms with van der Waals surface area (Å²) in [6.45, 7) is 1.97. The van der Waals surface area contributed by atoms with E-state index in [1.807, 2.05) is 6.92 Å². The molecule has 0 spiro atoms. The number of nitrogens with two attached hydrogens (primary N) is 1. The van der Waals surface area contributed by atoms with Gasteiger partial charge in [-0.3, -0.25) is 0 Å². The lowest BCUT2D eigenvalue weighted by molar-refractivity contribution is -0.0356. The molecule has 0 aliphatic heterocycles. The van der Waals surface area contributed by atoms with Gasteiger partial charge in [0, 0.05) is 0 Å². The minimum Gasteiger partial charge on any atom is -0.322 e. The number of hydrogen-bond donors (Lipinski definition) is 1. The predicted octanol–water partition coefficient (Wildman–Crippen LogP) is 1.69. The molecule has 98 valence electrons. The Morgan fingerprint density at radius 1 is 1.11 bits per heavy atom. The number of tetrazole rings is 1. The molecule has 1 aromatic rings. The third-order valence-electron chi connectivity index (χ3n) is 5.38. The zero-order chi connectivity index (χ0) is 12.3. The Morgan fingerprint density at radius 3 is 2.28 bits per heavy atom. The van der Waals surface area contributed by atoms with E-state index in [4.69, 9.17) is 5.73 Å². The third-order valence-corrected chi connectivity index (χ3v) is 5.38. The van der Waals surface area contributed by atoms with Crippen LogP contribution in [0.1, 0.15) is 56.9 Å². The van der Waals surface area contributed by atoms with Gasteiger partial charge in [-0.05, 0) is 73.1 Å². The highest BCUT2D eigenvalue weighted by molar-refractivity contribution is 5.03. The van der Waals surface area contributed by atoms with Crippen molar-refractivity contribution in [3.8, 4) is 0 Å². The lowest BCUT2D eigenvalue weighted by Crippen LogP contribution is -2.46. The van der Waals surface area contributed by atoms with Gasteiger partial charge >= 0.3 is 0 Å². The molecule has 0 radical (unpaired) electrons. The molecule has 4 fully saturated rings. The fraction of sp³-hybridized carbons (Fsp3) is 0.923. The van der Waals surface area contributed by atoms with Crippen LogP contribution in [0.4, 0.5) is 0 Å². The summed E-state index contributed by atoms with van der Waals surface area (Å²) in [5.74, 6) is 4.43. The van der Waals surface area contributed by atoms with E-state index in [-0.39, 0.29) is 6.04 Å². The van der Waals surface area contributed by atoms with Crippen LogP contribution >= 0.6 is 0 Å². The van der Waals surface area contributed by atoms with Crippen molar-refractivity contribution in [3.63, 3.8) is 0 Å². The van der Waals surface area contributed by atoms with Crippen molar-refractivity contribution >= 4 is 0 Å². The van der Waals surface area contributed by atoms with Gasteiger partial charge in [-0.25, -0.2) is 4.68 Å². The average molecular weight is 247 g/mol. The summed E-state index contributed by atoms with van der Waals surface area (Å²) >= 11 is 0. The minimum atomic E-state index is -0.0720. The van der Waals surface area contributed by atoms with E-state index in [1.165, 1.54) is 32.1 Å². The zero-order valence-electron chi connectivity index (χ0n) is 10.9. The Balaban J connectivity index is 1.70. The van der Waals surface area contributed by atoms with E-state index in [2.05, 4.69) is 20.2 Å². The SMILES string of the molecule is CC(N)c1nnnn1C1C2CC3CC(C2)CC1C3. The summed E-state index contributed by atoms with van der Waals surface area (Å²) in [4.78, 5) is 0. The molecule has 1 heterocycles. The van der Waals surface area contributed by atoms with Gasteiger partial charge in [-0.15, -0.1) is 5.10 Å². The normalized spacial score (nSPS) is 43.3. The van der Waals surface area contributed by atoms with Crippen LogP contribution in [0.15, 0.2) is 0 Å². The summed E-state index contributed by atoms with van der Waals surface area (Å²) in [7, 11) is 0. The van der Waals surface area contributed by atoms with Crippen LogP contribution in [0.2, 0.25) is 0 Å². The summed E-state index contributed by atoms with van der Waals surface area (Å²) in [5, 5.41) is 12.2. The second-order valence-corrected chi connectivity index (χ2v) is 6.69. The van der Waals surface area contributed by atoms with E-state index in [1.54, 1.807) is 0 Å². The highest BCUT2D eigenvalue weighted by Gasteiger charge is 2.50. The molecule has 0 aromatic carbocycles. The number of hydrogen-bond acceptors (Lipinski definition) is 4. The van der Waals surface area contributed by atoms with Crippen molar-refractivity contribution in [1.82, 2.24) is 20.2 Å². The van der Waals surface area contributed by atoms with E-state index in [0.29, 0.717) is 6.04 Å². The van der Waals surface area contributed by atoms with Crippen LogP contribution in [0.25, 0.3) is 0 Å². The van der Waals surface area contributed by atoms with Crippen molar-refractivity contribution in [1.29, 1.82) is 0 Å². The molecule has 1 unspecified atom stereocenters. The number of rotatable bonds is 2. The lowest BCUT2D eigenvalue weighted by atomic mass is 9.54. The van der Waals surface area contributed by atoms with Crippen LogP contribution in [-0.2, 0) is 0 Å². The Hall–Kier alpha value is -0.970. The van der Waals surface area contributed by atoms with Gasteiger partial charge in [0.05, 0.1) is 12.1 Å². The van der Waals surface area contributed by atoms with E-state index >= 15 is 0 Å². The van der Waals surface area contributed by atoms with E-state index < -0.39 is 0 Å². The molecule has 4 aliphatic rings. The van der Waals surface area contributed by atoms with E-state index in [0.717, 1.165) is 29.5 Å². The molecule has 0 saturated heterocycles. The standard InChI is InChI=1S/C13H21N5/c1-7(14)13-15-16-17-18(13)12-10-3-8-2-9(5-10)6-11(12)4-8/h7-12H,2-6,14H2,1H3. The second-order valence-electron chi connectivity index (χ2n) is 6.69. The summed E-state index contributed by atoms with van der Waals surface area (Å²) in [6, 6.07) is 0.450. The first kappa shape index (κ1) is 10.9. The molecule has 0 amide bonds. The third kappa shape index (κ3) is 1.46. The van der Waals surface area contributed by atoms with Gasteiger partial charge < -0.3 is 5.73 Å². The van der Waals surface area contributed by atoms with Crippen LogP contribution in [0, 0.1) is 23.7 Å². The Kier molecular flexibility index (Phi) is 2.28. The largest absolute Gasteiger partial charge is 0.322 e. The molecule has 5 nitrogen and oxygen atoms in total. The smallest absolute Gasteiger partial charge is 0.168 e. The molecule has 4 saturated carbocycles. The molecule has 5 heteroatoms. The van der Waals surface area contributed by atoms with Crippen molar-refractivity contribution in [2.24, 2.45) is 29.4 Å². The van der Waals surface area contributed by atoms with Crippen LogP contribution in [0.3, 0.4) is 0 Å². The maximum atomic E-state index is 5.99. The maximum Gasteiger partial charge on any atom is 0.168 e. The van der Waals surface area contributed by atoms with Gasteiger partial charge in [0.15, 0.2) is 5.82 Å². The van der Waals surface area contributed by atoms with Crippen molar-refractivity contribution in [3.05, 3.63) is 5.82 Å². The van der Waals surface area contributed by atoms with E-state index in [9.17, 15) is 0 Å². The fourth-order valence-electron chi connectivity index (χ4n) is 5.01. The summed E-state index contributed by atoms with van der Waals surface area (Å²) in [5.41, 5.74) is 5.99. The van der Waals surface area contributed by atoms with Gasteiger partial charge in [0.1, 0.15) is 0 Å². The molecule has 4 bridgehead atoms. The summed E-state index contributed by atoms with van der Waals surface area (Å²) < 4.78 is 2.07. The van der Waals surface area contributed by atoms with Crippen LogP contribution in [0.5, 0.6) is 0 Å². The van der Waals surface area contributed by atoms with Gasteiger partial charge in [-0.1, -0.05) is 0 Å². The molecular weight excluding hydrogens is 226 g/mol. The number of aromatic nitrogens is 4. The van der Waals surface area contributed by atoms with Gasteiger partial charge in [-0.2, -0.15) is 0 Å². The highest BCUT2D eigenvalue weighted by atomic mass is 15.6. The molecule has 5 rings (SSSR count).